The first-order valence-corrected chi connectivity index (χ1v) is 12.5. The fourth-order valence-electron chi connectivity index (χ4n) is 4.53. The van der Waals surface area contributed by atoms with Gasteiger partial charge in [-0.25, -0.2) is 9.78 Å². The minimum absolute atomic E-state index is 0.241. The van der Waals surface area contributed by atoms with Crippen molar-refractivity contribution in [3.05, 3.63) is 94.0 Å². The number of aromatic nitrogens is 1. The summed E-state index contributed by atoms with van der Waals surface area (Å²) in [7, 11) is 0. The number of amides is 3. The van der Waals surface area contributed by atoms with Crippen LogP contribution in [0, 0.1) is 27.7 Å². The number of anilines is 3. The van der Waals surface area contributed by atoms with Crippen LogP contribution in [0.3, 0.4) is 0 Å². The van der Waals surface area contributed by atoms with E-state index in [1.54, 1.807) is 6.92 Å². The maximum absolute atomic E-state index is 13.0. The van der Waals surface area contributed by atoms with Crippen LogP contribution in [0.25, 0.3) is 21.5 Å². The van der Waals surface area contributed by atoms with E-state index in [-0.39, 0.29) is 5.91 Å². The molecule has 0 saturated carbocycles. The van der Waals surface area contributed by atoms with E-state index in [1.165, 1.54) is 0 Å². The lowest BCUT2D eigenvalue weighted by Crippen LogP contribution is -2.19. The number of hydrogen-bond donors (Lipinski definition) is 3. The number of urea groups is 1. The second-order valence-electron chi connectivity index (χ2n) is 8.97. The fourth-order valence-corrected chi connectivity index (χ4v) is 5.39. The van der Waals surface area contributed by atoms with E-state index >= 15 is 0 Å². The Bertz CT molecular complexity index is 1630. The van der Waals surface area contributed by atoms with E-state index in [0.717, 1.165) is 55.3 Å². The van der Waals surface area contributed by atoms with E-state index < -0.39 is 6.03 Å². The minimum Gasteiger partial charge on any atom is -0.321 e. The molecular weight excluding hydrogens is 468 g/mol. The van der Waals surface area contributed by atoms with E-state index in [4.69, 9.17) is 0 Å². The molecule has 0 aliphatic rings. The summed E-state index contributed by atoms with van der Waals surface area (Å²) in [6.45, 7) is 7.74. The number of carbonyl (C=O) groups is 2. The highest BCUT2D eigenvalue weighted by Crippen LogP contribution is 2.30. The summed E-state index contributed by atoms with van der Waals surface area (Å²) in [4.78, 5) is 30.7. The van der Waals surface area contributed by atoms with Gasteiger partial charge in [-0.3, -0.25) is 10.1 Å². The van der Waals surface area contributed by atoms with Gasteiger partial charge in [-0.15, -0.1) is 0 Å². The van der Waals surface area contributed by atoms with Gasteiger partial charge in [0.05, 0.1) is 11.4 Å². The largest absolute Gasteiger partial charge is 0.325 e. The van der Waals surface area contributed by atoms with E-state index in [1.807, 2.05) is 63.2 Å². The zero-order valence-corrected chi connectivity index (χ0v) is 21.3. The smallest absolute Gasteiger partial charge is 0.321 e. The lowest BCUT2D eigenvalue weighted by Gasteiger charge is -2.12. The summed E-state index contributed by atoms with van der Waals surface area (Å²) in [5, 5.41) is 13.3. The molecule has 3 amide bonds. The van der Waals surface area contributed by atoms with Gasteiger partial charge < -0.3 is 10.6 Å². The second-order valence-corrected chi connectivity index (χ2v) is 9.97. The topological polar surface area (TPSA) is 83.1 Å². The Balaban J connectivity index is 1.33. The van der Waals surface area contributed by atoms with Gasteiger partial charge in [0, 0.05) is 11.1 Å². The van der Waals surface area contributed by atoms with E-state index in [9.17, 15) is 9.59 Å². The molecule has 0 bridgehead atoms. The molecule has 180 valence electrons. The molecule has 6 nitrogen and oxygen atoms in total. The van der Waals surface area contributed by atoms with Gasteiger partial charge >= 0.3 is 6.03 Å². The van der Waals surface area contributed by atoms with Gasteiger partial charge in [0.25, 0.3) is 5.91 Å². The lowest BCUT2D eigenvalue weighted by molar-refractivity contribution is 0.102. The van der Waals surface area contributed by atoms with Crippen molar-refractivity contribution in [3.8, 4) is 0 Å². The third-order valence-corrected chi connectivity index (χ3v) is 7.21. The first-order valence-electron chi connectivity index (χ1n) is 11.6. The van der Waals surface area contributed by atoms with Crippen LogP contribution < -0.4 is 16.0 Å². The van der Waals surface area contributed by atoms with E-state index in [0.29, 0.717) is 21.4 Å². The summed E-state index contributed by atoms with van der Waals surface area (Å²) < 4.78 is 0. The van der Waals surface area contributed by atoms with Crippen LogP contribution in [-0.4, -0.2) is 16.9 Å². The van der Waals surface area contributed by atoms with Crippen LogP contribution in [-0.2, 0) is 0 Å². The number of thiazole rings is 1. The average Bonchev–Trinajstić information content (AvgIpc) is 3.20. The van der Waals surface area contributed by atoms with Crippen molar-refractivity contribution in [1.82, 2.24) is 4.98 Å². The Labute approximate surface area is 213 Å². The SMILES string of the molecule is Cc1cc(C)c(NC(=O)c2sc(NC(=O)Nc3cccc4cc5ccccc5cc34)nc2C)c(C)c1. The van der Waals surface area contributed by atoms with Crippen molar-refractivity contribution < 1.29 is 9.59 Å². The molecule has 5 rings (SSSR count). The zero-order valence-electron chi connectivity index (χ0n) is 20.5. The quantitative estimate of drug-likeness (QED) is 0.225. The highest BCUT2D eigenvalue weighted by atomic mass is 32.1. The number of hydrogen-bond acceptors (Lipinski definition) is 4. The average molecular weight is 495 g/mol. The summed E-state index contributed by atoms with van der Waals surface area (Å²) in [6.07, 6.45) is 0. The van der Waals surface area contributed by atoms with Gasteiger partial charge in [-0.05, 0) is 73.2 Å². The molecule has 1 aromatic heterocycles. The molecule has 0 radical (unpaired) electrons. The van der Waals surface area contributed by atoms with Crippen molar-refractivity contribution >= 4 is 61.3 Å². The van der Waals surface area contributed by atoms with E-state index in [2.05, 4.69) is 45.2 Å². The molecular formula is C29H26N4O2S. The monoisotopic (exact) mass is 494 g/mol. The maximum atomic E-state index is 13.0. The van der Waals surface area contributed by atoms with Crippen molar-refractivity contribution in [1.29, 1.82) is 0 Å². The Kier molecular flexibility index (Phi) is 6.16. The summed E-state index contributed by atoms with van der Waals surface area (Å²) in [5.41, 5.74) is 5.22. The number of carbonyl (C=O) groups excluding carboxylic acids is 2. The Hall–Kier alpha value is -4.23. The lowest BCUT2D eigenvalue weighted by atomic mass is 10.0. The zero-order chi connectivity index (χ0) is 25.4. The molecule has 0 atom stereocenters. The summed E-state index contributed by atoms with van der Waals surface area (Å²) >= 11 is 1.15. The number of benzene rings is 4. The standard InChI is InChI=1S/C29H26N4O2S/c1-16-12-17(2)25(18(3)13-16)32-27(34)26-19(4)30-29(36-26)33-28(35)31-24-11-7-10-22-14-20-8-5-6-9-21(20)15-23(22)24/h5-15H,1-4H3,(H,32,34)(H2,30,31,33,35). The van der Waals surface area contributed by atoms with Crippen LogP contribution in [0.1, 0.15) is 32.1 Å². The molecule has 0 aliphatic carbocycles. The first-order chi connectivity index (χ1) is 17.3. The molecule has 0 spiro atoms. The van der Waals surface area contributed by atoms with Gasteiger partial charge in [-0.1, -0.05) is 65.4 Å². The van der Waals surface area contributed by atoms with Gasteiger partial charge in [0.2, 0.25) is 0 Å². The van der Waals surface area contributed by atoms with Gasteiger partial charge in [-0.2, -0.15) is 0 Å². The molecule has 1 heterocycles. The Morgan fingerprint density at radius 2 is 1.42 bits per heavy atom. The molecule has 0 aliphatic heterocycles. The van der Waals surface area contributed by atoms with Crippen LogP contribution in [0.4, 0.5) is 21.3 Å². The normalized spacial score (nSPS) is 11.0. The highest BCUT2D eigenvalue weighted by Gasteiger charge is 2.18. The fraction of sp³-hybridized carbons (Fsp3) is 0.138. The van der Waals surface area contributed by atoms with Crippen molar-refractivity contribution in [2.75, 3.05) is 16.0 Å². The number of nitrogens with zero attached hydrogens (tertiary/aromatic N) is 1. The van der Waals surface area contributed by atoms with Crippen LogP contribution >= 0.6 is 11.3 Å². The van der Waals surface area contributed by atoms with Crippen LogP contribution in [0.15, 0.2) is 66.7 Å². The van der Waals surface area contributed by atoms with Gasteiger partial charge in [0.15, 0.2) is 5.13 Å². The molecule has 0 saturated heterocycles. The third-order valence-electron chi connectivity index (χ3n) is 6.13. The third kappa shape index (κ3) is 4.65. The predicted molar refractivity (Wildman–Crippen MR) is 150 cm³/mol. The van der Waals surface area contributed by atoms with Gasteiger partial charge in [0.1, 0.15) is 4.88 Å². The number of nitrogens with one attached hydrogen (secondary N) is 3. The molecule has 0 fully saturated rings. The number of fused-ring (bicyclic) bond motifs is 2. The molecule has 0 unspecified atom stereocenters. The predicted octanol–water partition coefficient (Wildman–Crippen LogP) is 7.58. The summed E-state index contributed by atoms with van der Waals surface area (Å²) in [6, 6.07) is 21.8. The maximum Gasteiger partial charge on any atom is 0.325 e. The molecule has 7 heteroatoms. The molecule has 4 aromatic carbocycles. The van der Waals surface area contributed by atoms with Crippen molar-refractivity contribution in [3.63, 3.8) is 0 Å². The Morgan fingerprint density at radius 1 is 0.750 bits per heavy atom. The number of aryl methyl sites for hydroxylation is 4. The first kappa shape index (κ1) is 23.5. The molecule has 5 aromatic rings. The number of rotatable bonds is 4. The van der Waals surface area contributed by atoms with Crippen LogP contribution in [0.5, 0.6) is 0 Å². The highest BCUT2D eigenvalue weighted by molar-refractivity contribution is 7.17. The second kappa shape index (κ2) is 9.43. The van der Waals surface area contributed by atoms with Crippen molar-refractivity contribution in [2.45, 2.75) is 27.7 Å². The minimum atomic E-state index is -0.415. The molecule has 3 N–H and O–H groups in total. The van der Waals surface area contributed by atoms with Crippen molar-refractivity contribution in [2.24, 2.45) is 0 Å². The molecule has 36 heavy (non-hydrogen) atoms. The Morgan fingerprint density at radius 3 is 2.14 bits per heavy atom. The van der Waals surface area contributed by atoms with Crippen LogP contribution in [0.2, 0.25) is 0 Å². The summed E-state index contributed by atoms with van der Waals surface area (Å²) in [5.74, 6) is -0.241.